The molecule has 1 aromatic carbocycles. The van der Waals surface area contributed by atoms with Crippen LogP contribution in [-0.4, -0.2) is 6.29 Å². The van der Waals surface area contributed by atoms with Crippen LogP contribution in [0.25, 0.3) is 0 Å². The molecule has 0 unspecified atom stereocenters. The lowest BCUT2D eigenvalue weighted by atomic mass is 10.1. The molecule has 76 valence electrons. The van der Waals surface area contributed by atoms with Gasteiger partial charge < -0.3 is 5.73 Å². The van der Waals surface area contributed by atoms with E-state index in [9.17, 15) is 18.0 Å². The van der Waals surface area contributed by atoms with Crippen molar-refractivity contribution in [3.8, 4) is 0 Å². The quantitative estimate of drug-likeness (QED) is 0.588. The summed E-state index contributed by atoms with van der Waals surface area (Å²) in [6.45, 7) is 0. The molecule has 1 aromatic rings. The van der Waals surface area contributed by atoms with Crippen LogP contribution in [0.1, 0.15) is 15.9 Å². The Morgan fingerprint density at radius 3 is 2.36 bits per heavy atom. The molecule has 0 atom stereocenters. The summed E-state index contributed by atoms with van der Waals surface area (Å²) in [4.78, 5) is 10.3. The van der Waals surface area contributed by atoms with E-state index in [-0.39, 0.29) is 11.8 Å². The van der Waals surface area contributed by atoms with E-state index in [1.165, 1.54) is 0 Å². The van der Waals surface area contributed by atoms with Gasteiger partial charge in [0.05, 0.1) is 16.3 Å². The van der Waals surface area contributed by atoms with Gasteiger partial charge in [-0.1, -0.05) is 11.6 Å². The Kier molecular flexibility index (Phi) is 2.71. The second kappa shape index (κ2) is 3.49. The van der Waals surface area contributed by atoms with Gasteiger partial charge in [0.25, 0.3) is 0 Å². The smallest absolute Gasteiger partial charge is 0.398 e. The predicted octanol–water partition coefficient (Wildman–Crippen LogP) is 2.75. The van der Waals surface area contributed by atoms with Crippen LogP contribution < -0.4 is 5.73 Å². The van der Waals surface area contributed by atoms with Crippen LogP contribution >= 0.6 is 11.6 Å². The average Bonchev–Trinajstić information content (AvgIpc) is 2.02. The Bertz CT molecular complexity index is 376. The van der Waals surface area contributed by atoms with E-state index in [1.54, 1.807) is 0 Å². The molecule has 0 aromatic heterocycles. The van der Waals surface area contributed by atoms with Crippen LogP contribution in [0.4, 0.5) is 18.9 Å². The largest absolute Gasteiger partial charge is 0.419 e. The maximum Gasteiger partial charge on any atom is 0.419 e. The number of anilines is 1. The maximum atomic E-state index is 12.3. The van der Waals surface area contributed by atoms with Crippen LogP contribution in [0.5, 0.6) is 0 Å². The first kappa shape index (κ1) is 10.8. The van der Waals surface area contributed by atoms with E-state index in [0.717, 1.165) is 12.1 Å². The van der Waals surface area contributed by atoms with Gasteiger partial charge in [-0.15, -0.1) is 0 Å². The first-order chi connectivity index (χ1) is 6.38. The molecule has 0 saturated heterocycles. The number of hydrogen-bond acceptors (Lipinski definition) is 2. The molecular weight excluding hydrogens is 219 g/mol. The van der Waals surface area contributed by atoms with Crippen LogP contribution in [0, 0.1) is 0 Å². The van der Waals surface area contributed by atoms with Crippen molar-refractivity contribution in [1.82, 2.24) is 0 Å². The standard InChI is InChI=1S/C8H5ClF3NO/c9-5-2-1-4(3-14)7(13)6(5)8(10,11)12/h1-3H,13H2. The summed E-state index contributed by atoms with van der Waals surface area (Å²) in [5.41, 5.74) is 3.12. The molecule has 0 aliphatic rings. The number of carbonyl (C=O) groups is 1. The summed E-state index contributed by atoms with van der Waals surface area (Å²) in [5.74, 6) is 0. The fourth-order valence-electron chi connectivity index (χ4n) is 1.000. The molecule has 0 bridgehead atoms. The lowest BCUT2D eigenvalue weighted by molar-refractivity contribution is -0.136. The third kappa shape index (κ3) is 1.82. The number of benzene rings is 1. The molecule has 0 radical (unpaired) electrons. The number of hydrogen-bond donors (Lipinski definition) is 1. The van der Waals surface area contributed by atoms with Gasteiger partial charge in [0.1, 0.15) is 0 Å². The Hall–Kier alpha value is -1.23. The summed E-state index contributed by atoms with van der Waals surface area (Å²) < 4.78 is 37.0. The minimum absolute atomic E-state index is 0.221. The number of nitrogens with two attached hydrogens (primary N) is 1. The molecule has 0 fully saturated rings. The zero-order valence-corrected chi connectivity index (χ0v) is 7.49. The van der Waals surface area contributed by atoms with E-state index < -0.39 is 22.4 Å². The molecule has 0 aliphatic carbocycles. The Morgan fingerprint density at radius 1 is 1.36 bits per heavy atom. The summed E-state index contributed by atoms with van der Waals surface area (Å²) in [5, 5.41) is -0.513. The van der Waals surface area contributed by atoms with Gasteiger partial charge >= 0.3 is 6.18 Å². The Morgan fingerprint density at radius 2 is 1.93 bits per heavy atom. The Labute approximate surface area is 82.5 Å². The molecule has 6 heteroatoms. The average molecular weight is 224 g/mol. The van der Waals surface area contributed by atoms with Gasteiger partial charge in [-0.2, -0.15) is 13.2 Å². The number of aldehydes is 1. The summed E-state index contributed by atoms with van der Waals surface area (Å²) >= 11 is 5.33. The lowest BCUT2D eigenvalue weighted by Gasteiger charge is -2.12. The predicted molar refractivity (Wildman–Crippen MR) is 46.3 cm³/mol. The molecule has 0 aliphatic heterocycles. The van der Waals surface area contributed by atoms with Crippen molar-refractivity contribution in [3.05, 3.63) is 28.3 Å². The minimum atomic E-state index is -4.65. The minimum Gasteiger partial charge on any atom is -0.398 e. The van der Waals surface area contributed by atoms with Crippen molar-refractivity contribution >= 4 is 23.6 Å². The number of nitrogen functional groups attached to an aromatic ring is 1. The second-order valence-corrected chi connectivity index (χ2v) is 2.95. The summed E-state index contributed by atoms with van der Waals surface area (Å²) in [7, 11) is 0. The molecule has 2 nitrogen and oxygen atoms in total. The number of rotatable bonds is 1. The van der Waals surface area contributed by atoms with Crippen molar-refractivity contribution in [2.24, 2.45) is 0 Å². The van der Waals surface area contributed by atoms with Gasteiger partial charge in [0, 0.05) is 5.56 Å². The highest BCUT2D eigenvalue weighted by molar-refractivity contribution is 6.32. The lowest BCUT2D eigenvalue weighted by Crippen LogP contribution is -2.11. The summed E-state index contributed by atoms with van der Waals surface area (Å²) in [6.07, 6.45) is -4.40. The van der Waals surface area contributed by atoms with Crippen molar-refractivity contribution in [1.29, 1.82) is 0 Å². The van der Waals surface area contributed by atoms with E-state index in [0.29, 0.717) is 0 Å². The molecular formula is C8H5ClF3NO. The molecule has 0 spiro atoms. The van der Waals surface area contributed by atoms with Crippen molar-refractivity contribution in [2.45, 2.75) is 6.18 Å². The molecule has 1 rings (SSSR count). The molecule has 2 N–H and O–H groups in total. The van der Waals surface area contributed by atoms with E-state index in [4.69, 9.17) is 17.3 Å². The fraction of sp³-hybridized carbons (Fsp3) is 0.125. The van der Waals surface area contributed by atoms with E-state index in [2.05, 4.69) is 0 Å². The van der Waals surface area contributed by atoms with Crippen molar-refractivity contribution < 1.29 is 18.0 Å². The Balaban J connectivity index is 3.48. The highest BCUT2D eigenvalue weighted by Gasteiger charge is 2.36. The highest BCUT2D eigenvalue weighted by atomic mass is 35.5. The topological polar surface area (TPSA) is 43.1 Å². The molecule has 0 amide bonds. The normalized spacial score (nSPS) is 11.4. The first-order valence-corrected chi connectivity index (χ1v) is 3.86. The van der Waals surface area contributed by atoms with Gasteiger partial charge in [-0.05, 0) is 12.1 Å². The van der Waals surface area contributed by atoms with Gasteiger partial charge in [-0.25, -0.2) is 0 Å². The van der Waals surface area contributed by atoms with Crippen LogP contribution in [0.2, 0.25) is 5.02 Å². The third-order valence-corrected chi connectivity index (χ3v) is 1.95. The number of alkyl halides is 3. The number of halogens is 4. The third-order valence-electron chi connectivity index (χ3n) is 1.64. The van der Waals surface area contributed by atoms with Gasteiger partial charge in [0.2, 0.25) is 0 Å². The van der Waals surface area contributed by atoms with Crippen LogP contribution in [-0.2, 0) is 6.18 Å². The highest BCUT2D eigenvalue weighted by Crippen LogP contribution is 2.39. The molecule has 0 saturated carbocycles. The van der Waals surface area contributed by atoms with E-state index >= 15 is 0 Å². The van der Waals surface area contributed by atoms with Crippen molar-refractivity contribution in [2.75, 3.05) is 5.73 Å². The monoisotopic (exact) mass is 223 g/mol. The molecule has 0 heterocycles. The maximum absolute atomic E-state index is 12.3. The zero-order chi connectivity index (χ0) is 10.9. The fourth-order valence-corrected chi connectivity index (χ4v) is 1.27. The number of carbonyl (C=O) groups excluding carboxylic acids is 1. The first-order valence-electron chi connectivity index (χ1n) is 3.48. The van der Waals surface area contributed by atoms with Gasteiger partial charge in [-0.3, -0.25) is 4.79 Å². The van der Waals surface area contributed by atoms with Crippen LogP contribution in [0.3, 0.4) is 0 Å². The molecule has 14 heavy (non-hydrogen) atoms. The van der Waals surface area contributed by atoms with E-state index in [1.807, 2.05) is 0 Å². The summed E-state index contributed by atoms with van der Waals surface area (Å²) in [6, 6.07) is 2.13. The SMILES string of the molecule is Nc1c(C=O)ccc(Cl)c1C(F)(F)F. The van der Waals surface area contributed by atoms with Crippen LogP contribution in [0.15, 0.2) is 12.1 Å². The zero-order valence-electron chi connectivity index (χ0n) is 6.73. The second-order valence-electron chi connectivity index (χ2n) is 2.54. The van der Waals surface area contributed by atoms with Crippen molar-refractivity contribution in [3.63, 3.8) is 0 Å². The van der Waals surface area contributed by atoms with Gasteiger partial charge in [0.15, 0.2) is 6.29 Å².